The maximum Gasteiger partial charge on any atom is 0.490 e. The minimum atomic E-state index is -6.29. The molecule has 0 radical (unpaired) electrons. The molecular weight excluding hydrogens is 1150 g/mol. The third-order valence-corrected chi connectivity index (χ3v) is 18.6. The van der Waals surface area contributed by atoms with Crippen LogP contribution in [-0.2, 0) is 68.7 Å². The Bertz CT molecular complexity index is 3190. The number of aromatic amines is 1. The molecule has 4 aliphatic heterocycles. The van der Waals surface area contributed by atoms with Gasteiger partial charge in [0.25, 0.3) is 5.56 Å². The Labute approximate surface area is 434 Å². The Morgan fingerprint density at radius 1 is 0.697 bits per heavy atom. The van der Waals surface area contributed by atoms with Crippen LogP contribution in [0.3, 0.4) is 0 Å². The summed E-state index contributed by atoms with van der Waals surface area (Å²) < 4.78 is 153. The third kappa shape index (κ3) is 13.8. The molecule has 14 atom stereocenters. The zero-order valence-electron chi connectivity index (χ0n) is 38.7. The van der Waals surface area contributed by atoms with Gasteiger partial charge >= 0.3 is 43.2 Å². The fourth-order valence-electron chi connectivity index (χ4n) is 8.15. The highest BCUT2D eigenvalue weighted by Gasteiger charge is 2.57. The van der Waals surface area contributed by atoms with E-state index in [0.29, 0.717) is 23.4 Å². The van der Waals surface area contributed by atoms with Crippen molar-refractivity contribution in [3.63, 3.8) is 0 Å². The van der Waals surface area contributed by atoms with Gasteiger partial charge in [-0.15, -0.1) is 0 Å². The van der Waals surface area contributed by atoms with Crippen LogP contribution in [0.2, 0.25) is 0 Å². The first kappa shape index (κ1) is 57.0. The summed E-state index contributed by atoms with van der Waals surface area (Å²) in [6, 6.07) is 17.9. The molecule has 2 aromatic carbocycles. The summed E-state index contributed by atoms with van der Waals surface area (Å²) in [4.78, 5) is 81.6. The maximum absolute atomic E-state index is 13.2. The van der Waals surface area contributed by atoms with Crippen molar-refractivity contribution in [2.75, 3.05) is 42.8 Å². The Kier molecular flexibility index (Phi) is 17.4. The van der Waals surface area contributed by atoms with E-state index in [9.17, 15) is 60.6 Å². The molecule has 9 rings (SSSR count). The molecule has 28 nitrogen and oxygen atoms in total. The van der Waals surface area contributed by atoms with E-state index in [1.807, 2.05) is 6.26 Å². The molecular formula is C39H44F3N7O21P4S2. The van der Waals surface area contributed by atoms with Crippen LogP contribution in [0.25, 0.3) is 11.2 Å². The minimum Gasteiger partial charge on any atom is -0.367 e. The molecule has 0 aliphatic carbocycles. The highest BCUT2D eigenvalue weighted by molar-refractivity contribution is 7.99. The lowest BCUT2D eigenvalue weighted by atomic mass is 10.1. The molecule has 7 heterocycles. The Hall–Kier alpha value is -3.72. The second-order valence-electron chi connectivity index (χ2n) is 16.6. The second kappa shape index (κ2) is 23.2. The number of anilines is 1. The quantitative estimate of drug-likeness (QED) is 0.0205. The molecule has 76 heavy (non-hydrogen) atoms. The molecule has 414 valence electrons. The van der Waals surface area contributed by atoms with E-state index in [1.54, 1.807) is 60.7 Å². The molecule has 6 unspecified atom stereocenters. The largest absolute Gasteiger partial charge is 0.490 e. The summed E-state index contributed by atoms with van der Waals surface area (Å²) in [6.07, 6.45) is -13.3. The number of phosphoric ester groups is 2. The number of halogens is 3. The van der Waals surface area contributed by atoms with Gasteiger partial charge in [-0.1, -0.05) is 72.4 Å². The number of aromatic nitrogens is 6. The normalized spacial score (nSPS) is 28.6. The van der Waals surface area contributed by atoms with Crippen LogP contribution in [0, 0.1) is 0 Å². The van der Waals surface area contributed by atoms with Gasteiger partial charge in [0, 0.05) is 41.4 Å². The van der Waals surface area contributed by atoms with Crippen LogP contribution in [0.15, 0.2) is 94.0 Å². The number of fused-ring (bicyclic) bond motifs is 3. The van der Waals surface area contributed by atoms with Gasteiger partial charge in [-0.25, -0.2) is 38.0 Å². The number of rotatable bonds is 23. The van der Waals surface area contributed by atoms with E-state index >= 15 is 0 Å². The van der Waals surface area contributed by atoms with Crippen LogP contribution < -0.4 is 16.6 Å². The van der Waals surface area contributed by atoms with Crippen molar-refractivity contribution >= 4 is 71.8 Å². The van der Waals surface area contributed by atoms with Gasteiger partial charge in [-0.05, 0) is 6.26 Å². The number of thioether (sulfide) groups is 2. The number of H-pyrrole nitrogens is 1. The Morgan fingerprint density at radius 3 is 1.72 bits per heavy atom. The predicted octanol–water partition coefficient (Wildman–Crippen LogP) is 5.44. The first-order valence-corrected chi connectivity index (χ1v) is 30.6. The predicted molar refractivity (Wildman–Crippen MR) is 255 cm³/mol. The lowest BCUT2D eigenvalue weighted by Gasteiger charge is -2.23. The fourth-order valence-corrected chi connectivity index (χ4v) is 14.2. The molecule has 6 N–H and O–H groups in total. The van der Waals surface area contributed by atoms with Crippen molar-refractivity contribution in [2.24, 2.45) is 0 Å². The molecule has 3 aromatic heterocycles. The molecule has 0 spiro atoms. The van der Waals surface area contributed by atoms with Crippen LogP contribution in [0.5, 0.6) is 0 Å². The van der Waals surface area contributed by atoms with Gasteiger partial charge in [0.05, 0.1) is 26.0 Å². The van der Waals surface area contributed by atoms with Crippen molar-refractivity contribution in [3.8, 4) is 0 Å². The number of nitrogens with one attached hydrogen (secondary N) is 2. The molecule has 4 fully saturated rings. The summed E-state index contributed by atoms with van der Waals surface area (Å²) in [7, 11) is -24.3. The summed E-state index contributed by atoms with van der Waals surface area (Å²) in [5, 5.41) is 3.08. The van der Waals surface area contributed by atoms with Crippen LogP contribution in [0.4, 0.5) is 19.0 Å². The van der Waals surface area contributed by atoms with E-state index in [0.717, 1.165) is 28.6 Å². The van der Waals surface area contributed by atoms with Crippen LogP contribution >= 0.6 is 54.8 Å². The average Bonchev–Trinajstić information content (AvgIpc) is 4.21. The van der Waals surface area contributed by atoms with Crippen molar-refractivity contribution in [2.45, 2.75) is 79.4 Å². The first-order chi connectivity index (χ1) is 36.0. The number of ether oxygens (including phenoxy) is 6. The molecule has 0 amide bonds. The number of imidazole rings is 1. The van der Waals surface area contributed by atoms with Gasteiger partial charge in [0.1, 0.15) is 36.6 Å². The topological polar surface area (TPSA) is 361 Å². The number of alkyl halides is 3. The number of hydrogen-bond donors (Lipinski definition) is 6. The summed E-state index contributed by atoms with van der Waals surface area (Å²) in [5.74, 6) is 0.429. The average molecular weight is 1190 g/mol. The van der Waals surface area contributed by atoms with E-state index in [4.69, 9.17) is 37.5 Å². The van der Waals surface area contributed by atoms with Gasteiger partial charge in [0.2, 0.25) is 0 Å². The van der Waals surface area contributed by atoms with Crippen molar-refractivity contribution in [1.82, 2.24) is 29.1 Å². The number of hydrogen-bond acceptors (Lipinski definition) is 23. The molecule has 0 bridgehead atoms. The second-order valence-corrected chi connectivity index (χ2v) is 24.8. The Morgan fingerprint density at radius 2 is 1.21 bits per heavy atom. The monoisotopic (exact) mass is 1190 g/mol. The fraction of sp³-hybridized carbons (Fsp3) is 0.462. The van der Waals surface area contributed by atoms with Crippen molar-refractivity contribution < 1.29 is 101 Å². The smallest absolute Gasteiger partial charge is 0.367 e. The van der Waals surface area contributed by atoms with Crippen molar-refractivity contribution in [3.05, 3.63) is 111 Å². The first-order valence-electron chi connectivity index (χ1n) is 22.2. The molecule has 0 saturated carbocycles. The van der Waals surface area contributed by atoms with E-state index < -0.39 is 136 Å². The molecule has 37 heteroatoms. The van der Waals surface area contributed by atoms with Gasteiger partial charge in [-0.3, -0.25) is 28.0 Å². The van der Waals surface area contributed by atoms with Gasteiger partial charge in [0.15, 0.2) is 47.2 Å². The Balaban J connectivity index is 0.857. The van der Waals surface area contributed by atoms with E-state index in [-0.39, 0.29) is 22.1 Å². The number of benzene rings is 2. The van der Waals surface area contributed by atoms with Crippen LogP contribution in [0.1, 0.15) is 42.6 Å². The lowest BCUT2D eigenvalue weighted by Crippen LogP contribution is -2.36. The van der Waals surface area contributed by atoms with Crippen LogP contribution in [-0.4, -0.2) is 129 Å². The van der Waals surface area contributed by atoms with E-state index in [1.165, 1.54) is 22.7 Å². The molecule has 5 aromatic rings. The zero-order valence-corrected chi connectivity index (χ0v) is 43.9. The number of nitrogens with zero attached hydrogens (tertiary/aromatic N) is 5. The third-order valence-electron chi connectivity index (χ3n) is 11.3. The standard InChI is InChI=1S/C39H44F3N7O21P4S2/c1-75-17-14-43-31-26-32(47-37(46-31)76-16-13-39(40,41)42)49(20-44-26)34-30-28(65-36(67-30)22-10-6-3-7-11-22)24(63-34)19-61-72(54,55)69-74(58,59)70-73(56,57)68-71(52,53)60-18-23-27-29(66-35(64-27)21-8-4-2-5-9-21)33(62-23)48-15-12-25(50)45-38(48)51/h2-12,15,20,23-24,27-30,33-36H,13-14,16-19H2,1H3,(H,52,53)(H,54,55)(H,56,57)(H,58,59)(H,43,46,47)(H,45,50,51)/t23-,24+,27-,28+,29-,30+,33-,34+,35?,36?/m0/s1. The number of phosphoric acid groups is 4. The van der Waals surface area contributed by atoms with E-state index in [2.05, 4.69) is 38.2 Å². The molecule has 4 saturated heterocycles. The summed E-state index contributed by atoms with van der Waals surface area (Å²) in [5.41, 5.74) is -0.315. The lowest BCUT2D eigenvalue weighted by molar-refractivity contribution is -0.154. The van der Waals surface area contributed by atoms with Gasteiger partial charge < -0.3 is 53.3 Å². The summed E-state index contributed by atoms with van der Waals surface area (Å²) in [6.45, 7) is -1.59. The highest BCUT2D eigenvalue weighted by Crippen LogP contribution is 2.71. The SMILES string of the molecule is CSCCNc1nc(SCCC(F)(F)F)nc2c1ncn2[C@@H]1O[C@H](COP(=O)(O)OP(=O)(O)OP(=O)(O)OP(=O)(O)OC[C@@H]2O[C@H](n3ccc(=O)[nH]c3=O)[C@H]3OC(c4ccccc4)O[C@H]32)[C@H]2OC(c3ccccc3)O[C@H]21. The van der Waals surface area contributed by atoms with Gasteiger partial charge in [-0.2, -0.15) is 37.9 Å². The minimum absolute atomic E-state index is 0.0338. The maximum atomic E-state index is 13.2. The molecule has 4 aliphatic rings. The zero-order chi connectivity index (χ0) is 54.2. The highest BCUT2D eigenvalue weighted by atomic mass is 32.2. The van der Waals surface area contributed by atoms with Crippen molar-refractivity contribution in [1.29, 1.82) is 0 Å². The summed E-state index contributed by atoms with van der Waals surface area (Å²) >= 11 is 2.26.